The summed E-state index contributed by atoms with van der Waals surface area (Å²) in [5.74, 6) is -0.163. The number of likely N-dealkylation sites (tertiary alicyclic amines) is 1. The van der Waals surface area contributed by atoms with Crippen molar-refractivity contribution < 1.29 is 19.1 Å². The number of hydrogen-bond donors (Lipinski definition) is 2. The Morgan fingerprint density at radius 3 is 2.53 bits per heavy atom. The van der Waals surface area contributed by atoms with Crippen molar-refractivity contribution in [2.75, 3.05) is 5.32 Å². The standard InChI is InChI=1S/C28H30N4O4/c1-28(2,3)36-27(35)32-23-11-10-21(23)25(32)26(34)30-20(15-29)12-16-4-6-17(7-5-16)18-8-9-19-14-24(33)31-22(19)13-18/h4-9,13,20-21,23,25H,10-12,14H2,1-3H3,(H,30,34)(H,31,33)/t20-,21?,23+,25-/m0/s1. The molecule has 1 aliphatic carbocycles. The van der Waals surface area contributed by atoms with E-state index in [4.69, 9.17) is 4.74 Å². The number of ether oxygens (including phenoxy) is 1. The molecule has 2 aliphatic heterocycles. The van der Waals surface area contributed by atoms with Crippen LogP contribution >= 0.6 is 0 Å². The number of nitriles is 1. The van der Waals surface area contributed by atoms with Crippen molar-refractivity contribution in [1.29, 1.82) is 5.26 Å². The van der Waals surface area contributed by atoms with Gasteiger partial charge in [-0.15, -0.1) is 0 Å². The summed E-state index contributed by atoms with van der Waals surface area (Å²) in [5, 5.41) is 15.4. The Labute approximate surface area is 210 Å². The Morgan fingerprint density at radius 1 is 1.17 bits per heavy atom. The van der Waals surface area contributed by atoms with Crippen molar-refractivity contribution in [3.8, 4) is 17.2 Å². The van der Waals surface area contributed by atoms with Crippen molar-refractivity contribution in [3.05, 3.63) is 53.6 Å². The van der Waals surface area contributed by atoms with Crippen molar-refractivity contribution in [2.24, 2.45) is 5.92 Å². The molecule has 186 valence electrons. The van der Waals surface area contributed by atoms with E-state index in [1.54, 1.807) is 20.8 Å². The maximum atomic E-state index is 13.1. The summed E-state index contributed by atoms with van der Waals surface area (Å²) in [6.07, 6.45) is 2.06. The summed E-state index contributed by atoms with van der Waals surface area (Å²) < 4.78 is 5.50. The first-order chi connectivity index (χ1) is 17.1. The van der Waals surface area contributed by atoms with Gasteiger partial charge >= 0.3 is 6.09 Å². The molecule has 2 aromatic rings. The van der Waals surface area contributed by atoms with Crippen molar-refractivity contribution in [3.63, 3.8) is 0 Å². The molecule has 1 saturated carbocycles. The number of amides is 3. The number of nitrogens with zero attached hydrogens (tertiary/aromatic N) is 2. The highest BCUT2D eigenvalue weighted by molar-refractivity contribution is 6.00. The van der Waals surface area contributed by atoms with Gasteiger partial charge in [0.05, 0.1) is 12.5 Å². The van der Waals surface area contributed by atoms with E-state index in [1.807, 2.05) is 42.5 Å². The molecule has 1 unspecified atom stereocenters. The average molecular weight is 487 g/mol. The van der Waals surface area contributed by atoms with E-state index < -0.39 is 23.8 Å². The molecule has 1 saturated heterocycles. The average Bonchev–Trinajstić information content (AvgIpc) is 3.18. The predicted octanol–water partition coefficient (Wildman–Crippen LogP) is 3.80. The summed E-state index contributed by atoms with van der Waals surface area (Å²) >= 11 is 0. The minimum Gasteiger partial charge on any atom is -0.444 e. The van der Waals surface area contributed by atoms with Gasteiger partial charge in [-0.2, -0.15) is 5.26 Å². The number of carbonyl (C=O) groups is 3. The predicted molar refractivity (Wildman–Crippen MR) is 134 cm³/mol. The van der Waals surface area contributed by atoms with Crippen LogP contribution in [0.4, 0.5) is 10.5 Å². The number of carbonyl (C=O) groups excluding carboxylic acids is 3. The number of hydrogen-bond acceptors (Lipinski definition) is 5. The number of fused-ring (bicyclic) bond motifs is 2. The number of benzene rings is 2. The van der Waals surface area contributed by atoms with Gasteiger partial charge in [-0.3, -0.25) is 14.5 Å². The quantitative estimate of drug-likeness (QED) is 0.668. The van der Waals surface area contributed by atoms with Crippen LogP contribution in [0, 0.1) is 17.2 Å². The molecule has 2 N–H and O–H groups in total. The highest BCUT2D eigenvalue weighted by atomic mass is 16.6. The van der Waals surface area contributed by atoms with Crippen LogP contribution in [0.3, 0.4) is 0 Å². The Hall–Kier alpha value is -3.86. The van der Waals surface area contributed by atoms with Gasteiger partial charge < -0.3 is 15.4 Å². The van der Waals surface area contributed by atoms with Gasteiger partial charge in [-0.25, -0.2) is 4.79 Å². The van der Waals surface area contributed by atoms with Crippen molar-refractivity contribution in [1.82, 2.24) is 10.2 Å². The van der Waals surface area contributed by atoms with E-state index >= 15 is 0 Å². The first kappa shape index (κ1) is 23.9. The number of nitrogens with one attached hydrogen (secondary N) is 2. The largest absolute Gasteiger partial charge is 0.444 e. The fourth-order valence-corrected chi connectivity index (χ4v) is 5.27. The third-order valence-electron chi connectivity index (χ3n) is 7.16. The Morgan fingerprint density at radius 2 is 1.89 bits per heavy atom. The van der Waals surface area contributed by atoms with Crippen molar-refractivity contribution in [2.45, 2.75) is 70.2 Å². The molecule has 0 bridgehead atoms. The molecule has 0 aromatic heterocycles. The third kappa shape index (κ3) is 4.53. The first-order valence-corrected chi connectivity index (χ1v) is 12.4. The smallest absolute Gasteiger partial charge is 0.411 e. The Bertz CT molecular complexity index is 1260. The maximum absolute atomic E-state index is 13.1. The van der Waals surface area contributed by atoms with E-state index in [2.05, 4.69) is 16.7 Å². The number of anilines is 1. The molecule has 3 aliphatic rings. The Balaban J connectivity index is 1.22. The Kier molecular flexibility index (Phi) is 5.95. The zero-order valence-corrected chi connectivity index (χ0v) is 20.7. The summed E-state index contributed by atoms with van der Waals surface area (Å²) in [6.45, 7) is 5.41. The lowest BCUT2D eigenvalue weighted by atomic mass is 9.65. The summed E-state index contributed by atoms with van der Waals surface area (Å²) in [6, 6.07) is 14.7. The molecule has 4 atom stereocenters. The zero-order chi connectivity index (χ0) is 25.6. The van der Waals surface area contributed by atoms with E-state index in [0.29, 0.717) is 12.8 Å². The summed E-state index contributed by atoms with van der Waals surface area (Å²) in [5.41, 5.74) is 4.12. The number of rotatable bonds is 5. The lowest BCUT2D eigenvalue weighted by Crippen LogP contribution is -2.75. The van der Waals surface area contributed by atoms with Crippen LogP contribution in [0.25, 0.3) is 11.1 Å². The van der Waals surface area contributed by atoms with Gasteiger partial charge in [0.15, 0.2) is 0 Å². The normalized spacial score (nSPS) is 22.7. The molecule has 8 heteroatoms. The highest BCUT2D eigenvalue weighted by Gasteiger charge is 2.60. The van der Waals surface area contributed by atoms with Crippen LogP contribution in [0.5, 0.6) is 0 Å². The van der Waals surface area contributed by atoms with Crippen LogP contribution in [-0.4, -0.2) is 46.5 Å². The van der Waals surface area contributed by atoms with Gasteiger partial charge in [0.1, 0.15) is 17.7 Å². The highest BCUT2D eigenvalue weighted by Crippen LogP contribution is 2.47. The second kappa shape index (κ2) is 8.98. The SMILES string of the molecule is CC(C)(C)OC(=O)N1[C@@H]2CCC2[C@H]1C(=O)N[C@H](C#N)Cc1ccc(-c2ccc3c(c2)NC(=O)C3)cc1. The molecular formula is C28H30N4O4. The first-order valence-electron chi connectivity index (χ1n) is 12.4. The van der Waals surface area contributed by atoms with Crippen LogP contribution in [0.15, 0.2) is 42.5 Å². The molecule has 0 radical (unpaired) electrons. The molecule has 2 heterocycles. The number of piperidine rings is 1. The topological polar surface area (TPSA) is 112 Å². The van der Waals surface area contributed by atoms with E-state index in [0.717, 1.165) is 40.8 Å². The fourth-order valence-electron chi connectivity index (χ4n) is 5.27. The minimum absolute atomic E-state index is 0.00559. The van der Waals surface area contributed by atoms with Crippen LogP contribution in [-0.2, 0) is 27.2 Å². The molecule has 3 amide bonds. The van der Waals surface area contributed by atoms with Crippen LogP contribution in [0.1, 0.15) is 44.7 Å². The monoisotopic (exact) mass is 486 g/mol. The molecule has 8 nitrogen and oxygen atoms in total. The van der Waals surface area contributed by atoms with Gasteiger partial charge in [0.25, 0.3) is 0 Å². The molecular weight excluding hydrogens is 456 g/mol. The maximum Gasteiger partial charge on any atom is 0.411 e. The van der Waals surface area contributed by atoms with Gasteiger partial charge in [-0.05, 0) is 61.9 Å². The molecule has 5 rings (SSSR count). The van der Waals surface area contributed by atoms with Crippen molar-refractivity contribution >= 4 is 23.6 Å². The third-order valence-corrected chi connectivity index (χ3v) is 7.16. The lowest BCUT2D eigenvalue weighted by Gasteiger charge is -2.60. The van der Waals surface area contributed by atoms with Gasteiger partial charge in [-0.1, -0.05) is 36.4 Å². The molecule has 2 fully saturated rings. The van der Waals surface area contributed by atoms with Gasteiger partial charge in [0, 0.05) is 24.1 Å². The van der Waals surface area contributed by atoms with Crippen LogP contribution in [0.2, 0.25) is 0 Å². The summed E-state index contributed by atoms with van der Waals surface area (Å²) in [7, 11) is 0. The molecule has 0 spiro atoms. The van der Waals surface area contributed by atoms with Crippen LogP contribution < -0.4 is 10.6 Å². The lowest BCUT2D eigenvalue weighted by molar-refractivity contribution is -0.155. The van der Waals surface area contributed by atoms with E-state index in [9.17, 15) is 19.6 Å². The second-order valence-corrected chi connectivity index (χ2v) is 10.8. The minimum atomic E-state index is -0.710. The molecule has 2 aromatic carbocycles. The molecule has 36 heavy (non-hydrogen) atoms. The zero-order valence-electron chi connectivity index (χ0n) is 20.7. The van der Waals surface area contributed by atoms with Gasteiger partial charge in [0.2, 0.25) is 11.8 Å². The van der Waals surface area contributed by atoms with E-state index in [-0.39, 0.29) is 23.8 Å². The fraction of sp³-hybridized carbons (Fsp3) is 0.429. The second-order valence-electron chi connectivity index (χ2n) is 10.8. The summed E-state index contributed by atoms with van der Waals surface area (Å²) in [4.78, 5) is 38.9. The van der Waals surface area contributed by atoms with E-state index in [1.165, 1.54) is 4.90 Å².